The average molecular weight is 425 g/mol. The number of hydrogen-bond donors (Lipinski definition) is 2. The lowest BCUT2D eigenvalue weighted by atomic mass is 10.1. The van der Waals surface area contributed by atoms with E-state index in [1.807, 2.05) is 0 Å². The molecule has 0 saturated carbocycles. The summed E-state index contributed by atoms with van der Waals surface area (Å²) < 4.78 is 10.2. The van der Waals surface area contributed by atoms with Crippen LogP contribution in [0, 0.1) is 0 Å². The van der Waals surface area contributed by atoms with Crippen LogP contribution in [0.3, 0.4) is 0 Å². The first-order chi connectivity index (χ1) is 15.0. The van der Waals surface area contributed by atoms with Gasteiger partial charge in [-0.3, -0.25) is 14.4 Å². The molecule has 0 bridgehead atoms. The molecular weight excluding hydrogens is 398 g/mol. The number of anilines is 1. The third-order valence-corrected chi connectivity index (χ3v) is 5.16. The zero-order valence-electron chi connectivity index (χ0n) is 17.7. The highest BCUT2D eigenvalue weighted by Gasteiger charge is 2.34. The quantitative estimate of drug-likeness (QED) is 0.633. The van der Waals surface area contributed by atoms with Gasteiger partial charge in [-0.25, -0.2) is 0 Å². The first-order valence-corrected chi connectivity index (χ1v) is 10.2. The Labute approximate surface area is 181 Å². The van der Waals surface area contributed by atoms with Gasteiger partial charge < -0.3 is 25.0 Å². The third kappa shape index (κ3) is 5.40. The smallest absolute Gasteiger partial charge is 0.259 e. The molecule has 1 saturated heterocycles. The van der Waals surface area contributed by atoms with Gasteiger partial charge in [-0.05, 0) is 49.2 Å². The van der Waals surface area contributed by atoms with E-state index >= 15 is 0 Å². The number of rotatable bonds is 8. The second kappa shape index (κ2) is 10.6. The van der Waals surface area contributed by atoms with Crippen molar-refractivity contribution in [3.8, 4) is 5.75 Å². The second-order valence-corrected chi connectivity index (χ2v) is 7.17. The Morgan fingerprint density at radius 2 is 1.81 bits per heavy atom. The number of carbonyl (C=O) groups excluding carboxylic acids is 3. The van der Waals surface area contributed by atoms with Gasteiger partial charge in [0.15, 0.2) is 0 Å². The Morgan fingerprint density at radius 1 is 1.06 bits per heavy atom. The second-order valence-electron chi connectivity index (χ2n) is 7.17. The number of carbonyl (C=O) groups is 3. The predicted molar refractivity (Wildman–Crippen MR) is 116 cm³/mol. The fraction of sp³-hybridized carbons (Fsp3) is 0.348. The van der Waals surface area contributed by atoms with E-state index in [0.717, 1.165) is 6.42 Å². The van der Waals surface area contributed by atoms with Crippen LogP contribution in [-0.2, 0) is 9.53 Å². The van der Waals surface area contributed by atoms with Gasteiger partial charge >= 0.3 is 0 Å². The Morgan fingerprint density at radius 3 is 2.52 bits per heavy atom. The molecule has 0 spiro atoms. The van der Waals surface area contributed by atoms with Gasteiger partial charge in [-0.1, -0.05) is 12.1 Å². The number of likely N-dealkylation sites (tertiary alicyclic amines) is 1. The zero-order valence-corrected chi connectivity index (χ0v) is 17.7. The molecule has 31 heavy (non-hydrogen) atoms. The van der Waals surface area contributed by atoms with Crippen LogP contribution in [0.4, 0.5) is 5.69 Å². The van der Waals surface area contributed by atoms with Gasteiger partial charge in [-0.15, -0.1) is 0 Å². The molecule has 8 heteroatoms. The largest absolute Gasteiger partial charge is 0.496 e. The number of ether oxygens (including phenoxy) is 2. The van der Waals surface area contributed by atoms with Crippen molar-refractivity contribution in [3.05, 3.63) is 59.7 Å². The lowest BCUT2D eigenvalue weighted by molar-refractivity contribution is -0.125. The molecular formula is C23H27N3O5. The molecule has 0 unspecified atom stereocenters. The van der Waals surface area contributed by atoms with Crippen LogP contribution >= 0.6 is 0 Å². The van der Waals surface area contributed by atoms with E-state index in [2.05, 4.69) is 10.6 Å². The minimum Gasteiger partial charge on any atom is -0.496 e. The highest BCUT2D eigenvalue weighted by molar-refractivity contribution is 6.06. The normalized spacial score (nSPS) is 15.4. The fourth-order valence-corrected chi connectivity index (χ4v) is 3.57. The summed E-state index contributed by atoms with van der Waals surface area (Å²) in [5.41, 5.74) is 1.44. The van der Waals surface area contributed by atoms with Crippen molar-refractivity contribution in [2.75, 3.05) is 39.2 Å². The summed E-state index contributed by atoms with van der Waals surface area (Å²) in [5.74, 6) is -0.185. The third-order valence-electron chi connectivity index (χ3n) is 5.16. The molecule has 0 radical (unpaired) electrons. The predicted octanol–water partition coefficient (Wildman–Crippen LogP) is 2.31. The molecule has 1 heterocycles. The maximum Gasteiger partial charge on any atom is 0.259 e. The molecule has 0 aromatic heterocycles. The number of methoxy groups -OCH3 is 2. The van der Waals surface area contributed by atoms with Crippen molar-refractivity contribution in [2.24, 2.45) is 0 Å². The molecule has 1 aliphatic rings. The van der Waals surface area contributed by atoms with Crippen molar-refractivity contribution in [1.29, 1.82) is 0 Å². The van der Waals surface area contributed by atoms with E-state index in [1.165, 1.54) is 7.11 Å². The number of amides is 3. The summed E-state index contributed by atoms with van der Waals surface area (Å²) in [4.78, 5) is 39.5. The number of benzene rings is 2. The van der Waals surface area contributed by atoms with Crippen LogP contribution < -0.4 is 15.4 Å². The molecule has 3 rings (SSSR count). The van der Waals surface area contributed by atoms with Crippen LogP contribution in [0.15, 0.2) is 48.5 Å². The van der Waals surface area contributed by atoms with Crippen molar-refractivity contribution in [2.45, 2.75) is 18.9 Å². The summed E-state index contributed by atoms with van der Waals surface area (Å²) in [6.07, 6.45) is 1.42. The Kier molecular flexibility index (Phi) is 7.61. The summed E-state index contributed by atoms with van der Waals surface area (Å²) >= 11 is 0. The molecule has 1 atom stereocenters. The first kappa shape index (κ1) is 22.3. The number of nitrogens with zero attached hydrogens (tertiary/aromatic N) is 1. The first-order valence-electron chi connectivity index (χ1n) is 10.2. The summed E-state index contributed by atoms with van der Waals surface area (Å²) in [5, 5.41) is 5.61. The van der Waals surface area contributed by atoms with E-state index in [9.17, 15) is 14.4 Å². The number of nitrogens with one attached hydrogen (secondary N) is 2. The Bertz CT molecular complexity index is 929. The molecule has 2 aromatic carbocycles. The molecule has 164 valence electrons. The minimum absolute atomic E-state index is 0.163. The monoisotopic (exact) mass is 425 g/mol. The topological polar surface area (TPSA) is 97.0 Å². The van der Waals surface area contributed by atoms with Gasteiger partial charge in [0, 0.05) is 31.5 Å². The van der Waals surface area contributed by atoms with Crippen LogP contribution in [0.1, 0.15) is 33.6 Å². The molecule has 2 N–H and O–H groups in total. The molecule has 1 aliphatic heterocycles. The highest BCUT2D eigenvalue weighted by Crippen LogP contribution is 2.22. The summed E-state index contributed by atoms with van der Waals surface area (Å²) in [7, 11) is 3.08. The number of para-hydroxylation sites is 1. The zero-order chi connectivity index (χ0) is 22.2. The van der Waals surface area contributed by atoms with Crippen molar-refractivity contribution in [3.63, 3.8) is 0 Å². The van der Waals surface area contributed by atoms with E-state index in [4.69, 9.17) is 9.47 Å². The average Bonchev–Trinajstić information content (AvgIpc) is 3.29. The maximum absolute atomic E-state index is 12.9. The van der Waals surface area contributed by atoms with E-state index in [1.54, 1.807) is 60.5 Å². The maximum atomic E-state index is 12.9. The van der Waals surface area contributed by atoms with E-state index in [-0.39, 0.29) is 17.7 Å². The van der Waals surface area contributed by atoms with Gasteiger partial charge in [0.1, 0.15) is 11.8 Å². The Hall–Kier alpha value is -3.39. The molecule has 3 amide bonds. The van der Waals surface area contributed by atoms with Crippen molar-refractivity contribution >= 4 is 23.4 Å². The van der Waals surface area contributed by atoms with Crippen molar-refractivity contribution < 1.29 is 23.9 Å². The lowest BCUT2D eigenvalue weighted by Gasteiger charge is -2.24. The van der Waals surface area contributed by atoms with Crippen LogP contribution in [-0.4, -0.2) is 62.6 Å². The Balaban J connectivity index is 1.64. The minimum atomic E-state index is -0.478. The SMILES string of the molecule is COCCNC(=O)[C@H]1CCCN1C(=O)c1ccc(NC(=O)c2ccccc2OC)cc1. The van der Waals surface area contributed by atoms with E-state index in [0.29, 0.717) is 48.7 Å². The number of hydrogen-bond acceptors (Lipinski definition) is 5. The van der Waals surface area contributed by atoms with Gasteiger partial charge in [0.05, 0.1) is 19.3 Å². The van der Waals surface area contributed by atoms with Crippen molar-refractivity contribution in [1.82, 2.24) is 10.2 Å². The van der Waals surface area contributed by atoms with Crippen LogP contribution in [0.2, 0.25) is 0 Å². The summed E-state index contributed by atoms with van der Waals surface area (Å²) in [6.45, 7) is 1.37. The molecule has 0 aliphatic carbocycles. The lowest BCUT2D eigenvalue weighted by Crippen LogP contribution is -2.46. The fourth-order valence-electron chi connectivity index (χ4n) is 3.57. The van der Waals surface area contributed by atoms with Crippen LogP contribution in [0.5, 0.6) is 5.75 Å². The van der Waals surface area contributed by atoms with Gasteiger partial charge in [0.25, 0.3) is 11.8 Å². The van der Waals surface area contributed by atoms with Crippen LogP contribution in [0.25, 0.3) is 0 Å². The van der Waals surface area contributed by atoms with Gasteiger partial charge in [0.2, 0.25) is 5.91 Å². The summed E-state index contributed by atoms with van der Waals surface area (Å²) in [6, 6.07) is 13.1. The van der Waals surface area contributed by atoms with E-state index < -0.39 is 6.04 Å². The molecule has 8 nitrogen and oxygen atoms in total. The van der Waals surface area contributed by atoms with Gasteiger partial charge in [-0.2, -0.15) is 0 Å². The molecule has 2 aromatic rings. The molecule has 1 fully saturated rings. The standard InChI is InChI=1S/C23H27N3O5/c1-30-15-13-24-22(28)19-7-5-14-26(19)23(29)16-9-11-17(12-10-16)25-21(27)18-6-3-4-8-20(18)31-2/h3-4,6,8-12,19H,5,7,13-15H2,1-2H3,(H,24,28)(H,25,27)/t19-/m1/s1. The highest BCUT2D eigenvalue weighted by atomic mass is 16.5.